The van der Waals surface area contributed by atoms with Crippen molar-refractivity contribution >= 4 is 17.2 Å². The van der Waals surface area contributed by atoms with Crippen LogP contribution in [0.5, 0.6) is 0 Å². The van der Waals surface area contributed by atoms with Gasteiger partial charge in [-0.1, -0.05) is 24.3 Å². The largest absolute Gasteiger partial charge is 0.347 e. The molecule has 0 saturated carbocycles. The van der Waals surface area contributed by atoms with Gasteiger partial charge in [0.25, 0.3) is 5.91 Å². The molecule has 1 aromatic carbocycles. The molecule has 114 valence electrons. The molecule has 1 saturated heterocycles. The number of thiophene rings is 1. The lowest BCUT2D eigenvalue weighted by molar-refractivity contribution is 0.0966. The van der Waals surface area contributed by atoms with Crippen LogP contribution in [0, 0.1) is 0 Å². The SMILES string of the molecule is CN1CCC(c2ccc(-c3cc4c(s3)CNC4=O)cc2)CC1. The number of piperidine rings is 1. The van der Waals surface area contributed by atoms with E-state index in [1.165, 1.54) is 46.8 Å². The summed E-state index contributed by atoms with van der Waals surface area (Å²) in [5, 5.41) is 2.87. The van der Waals surface area contributed by atoms with Gasteiger partial charge < -0.3 is 10.2 Å². The molecular formula is C18H20N2OS. The van der Waals surface area contributed by atoms with E-state index >= 15 is 0 Å². The molecule has 0 bridgehead atoms. The topological polar surface area (TPSA) is 32.3 Å². The zero-order chi connectivity index (χ0) is 15.1. The number of carbonyl (C=O) groups excluding carboxylic acids is 1. The van der Waals surface area contributed by atoms with E-state index in [1.54, 1.807) is 11.3 Å². The molecule has 1 fully saturated rings. The van der Waals surface area contributed by atoms with Gasteiger partial charge in [-0.25, -0.2) is 0 Å². The van der Waals surface area contributed by atoms with Crippen LogP contribution in [0.1, 0.15) is 39.6 Å². The predicted octanol–water partition coefficient (Wildman–Crippen LogP) is 3.47. The Bertz CT molecular complexity index is 696. The van der Waals surface area contributed by atoms with Gasteiger partial charge in [0.1, 0.15) is 0 Å². The van der Waals surface area contributed by atoms with Crippen molar-refractivity contribution in [2.75, 3.05) is 20.1 Å². The average Bonchev–Trinajstić information content (AvgIpc) is 3.11. The highest BCUT2D eigenvalue weighted by Crippen LogP contribution is 2.35. The van der Waals surface area contributed by atoms with Gasteiger partial charge >= 0.3 is 0 Å². The summed E-state index contributed by atoms with van der Waals surface area (Å²) in [5.41, 5.74) is 3.54. The summed E-state index contributed by atoms with van der Waals surface area (Å²) in [5.74, 6) is 0.768. The van der Waals surface area contributed by atoms with Crippen molar-refractivity contribution in [3.8, 4) is 10.4 Å². The Balaban J connectivity index is 1.55. The van der Waals surface area contributed by atoms with Crippen LogP contribution in [0.2, 0.25) is 0 Å². The highest BCUT2D eigenvalue weighted by atomic mass is 32.1. The normalized spacial score (nSPS) is 19.2. The Morgan fingerprint density at radius 3 is 2.59 bits per heavy atom. The van der Waals surface area contributed by atoms with Crippen LogP contribution >= 0.6 is 11.3 Å². The minimum absolute atomic E-state index is 0.0699. The van der Waals surface area contributed by atoms with Crippen molar-refractivity contribution < 1.29 is 4.79 Å². The number of benzene rings is 1. The highest BCUT2D eigenvalue weighted by Gasteiger charge is 2.23. The monoisotopic (exact) mass is 312 g/mol. The van der Waals surface area contributed by atoms with E-state index in [1.807, 2.05) is 6.07 Å². The fourth-order valence-electron chi connectivity index (χ4n) is 3.41. The molecule has 3 heterocycles. The van der Waals surface area contributed by atoms with Gasteiger partial charge in [0.15, 0.2) is 0 Å². The zero-order valence-corrected chi connectivity index (χ0v) is 13.6. The summed E-state index contributed by atoms with van der Waals surface area (Å²) < 4.78 is 0. The summed E-state index contributed by atoms with van der Waals surface area (Å²) in [6.07, 6.45) is 2.51. The van der Waals surface area contributed by atoms with Crippen LogP contribution in [0.4, 0.5) is 0 Å². The number of hydrogen-bond donors (Lipinski definition) is 1. The Labute approximate surface area is 135 Å². The quantitative estimate of drug-likeness (QED) is 0.921. The smallest absolute Gasteiger partial charge is 0.252 e. The van der Waals surface area contributed by atoms with Crippen molar-refractivity contribution in [2.24, 2.45) is 0 Å². The van der Waals surface area contributed by atoms with Gasteiger partial charge in [0, 0.05) is 9.75 Å². The maximum absolute atomic E-state index is 11.7. The molecule has 1 N–H and O–H groups in total. The van der Waals surface area contributed by atoms with Crippen molar-refractivity contribution in [3.63, 3.8) is 0 Å². The van der Waals surface area contributed by atoms with Crippen LogP contribution in [-0.2, 0) is 6.54 Å². The van der Waals surface area contributed by atoms with Crippen molar-refractivity contribution in [3.05, 3.63) is 46.3 Å². The fraction of sp³-hybridized carbons (Fsp3) is 0.389. The van der Waals surface area contributed by atoms with Gasteiger partial charge in [-0.15, -0.1) is 11.3 Å². The van der Waals surface area contributed by atoms with E-state index < -0.39 is 0 Å². The molecule has 0 unspecified atom stereocenters. The summed E-state index contributed by atoms with van der Waals surface area (Å²) in [4.78, 5) is 16.5. The van der Waals surface area contributed by atoms with Gasteiger partial charge in [0.05, 0.1) is 12.1 Å². The van der Waals surface area contributed by atoms with Crippen molar-refractivity contribution in [1.82, 2.24) is 10.2 Å². The van der Waals surface area contributed by atoms with E-state index in [0.29, 0.717) is 12.5 Å². The number of amides is 1. The minimum atomic E-state index is 0.0699. The molecule has 0 radical (unpaired) electrons. The van der Waals surface area contributed by atoms with Crippen molar-refractivity contribution in [2.45, 2.75) is 25.3 Å². The van der Waals surface area contributed by atoms with Crippen LogP contribution in [0.15, 0.2) is 30.3 Å². The van der Waals surface area contributed by atoms with Crippen LogP contribution in [0.25, 0.3) is 10.4 Å². The zero-order valence-electron chi connectivity index (χ0n) is 12.8. The minimum Gasteiger partial charge on any atom is -0.347 e. The Hall–Kier alpha value is -1.65. The number of hydrogen-bond acceptors (Lipinski definition) is 3. The summed E-state index contributed by atoms with van der Waals surface area (Å²) >= 11 is 1.73. The molecule has 2 aliphatic rings. The average molecular weight is 312 g/mol. The molecule has 1 amide bonds. The van der Waals surface area contributed by atoms with Gasteiger partial charge in [-0.3, -0.25) is 4.79 Å². The first-order valence-electron chi connectivity index (χ1n) is 7.90. The number of likely N-dealkylation sites (tertiary alicyclic amines) is 1. The Morgan fingerprint density at radius 1 is 1.18 bits per heavy atom. The standard InChI is InChI=1S/C18H20N2OS/c1-20-8-6-13(7-9-20)12-2-4-14(5-3-12)16-10-15-17(22-16)11-19-18(15)21/h2-5,10,13H,6-9,11H2,1H3,(H,19,21). The maximum atomic E-state index is 11.7. The van der Waals surface area contributed by atoms with Gasteiger partial charge in [-0.2, -0.15) is 0 Å². The molecule has 0 aliphatic carbocycles. The Morgan fingerprint density at radius 2 is 1.91 bits per heavy atom. The van der Waals surface area contributed by atoms with E-state index in [2.05, 4.69) is 41.5 Å². The molecule has 1 aromatic heterocycles. The first-order valence-corrected chi connectivity index (χ1v) is 8.72. The molecule has 2 aromatic rings. The molecule has 0 spiro atoms. The van der Waals surface area contributed by atoms with E-state index in [0.717, 1.165) is 5.56 Å². The second kappa shape index (κ2) is 5.52. The molecule has 4 heteroatoms. The lowest BCUT2D eigenvalue weighted by atomic mass is 9.89. The number of rotatable bonds is 2. The molecule has 4 rings (SSSR count). The van der Waals surface area contributed by atoms with E-state index in [9.17, 15) is 4.79 Å². The first-order chi connectivity index (χ1) is 10.7. The third kappa shape index (κ3) is 2.46. The maximum Gasteiger partial charge on any atom is 0.252 e. The number of fused-ring (bicyclic) bond motifs is 1. The molecule has 22 heavy (non-hydrogen) atoms. The summed E-state index contributed by atoms with van der Waals surface area (Å²) in [6, 6.07) is 11.0. The predicted molar refractivity (Wildman–Crippen MR) is 90.4 cm³/mol. The summed E-state index contributed by atoms with van der Waals surface area (Å²) in [6.45, 7) is 3.07. The van der Waals surface area contributed by atoms with Crippen molar-refractivity contribution in [1.29, 1.82) is 0 Å². The molecule has 3 nitrogen and oxygen atoms in total. The second-order valence-corrected chi connectivity index (χ2v) is 7.47. The number of carbonyl (C=O) groups is 1. The molecule has 2 aliphatic heterocycles. The Kier molecular flexibility index (Phi) is 3.51. The third-order valence-corrected chi connectivity index (χ3v) is 6.03. The number of nitrogens with zero attached hydrogens (tertiary/aromatic N) is 1. The van der Waals surface area contributed by atoms with Gasteiger partial charge in [-0.05, 0) is 56.1 Å². The van der Waals surface area contributed by atoms with Crippen LogP contribution < -0.4 is 5.32 Å². The second-order valence-electron chi connectivity index (χ2n) is 6.33. The molecular weight excluding hydrogens is 292 g/mol. The fourth-order valence-corrected chi connectivity index (χ4v) is 4.51. The first kappa shape index (κ1) is 14.0. The van der Waals surface area contributed by atoms with E-state index in [4.69, 9.17) is 0 Å². The van der Waals surface area contributed by atoms with Crippen LogP contribution in [0.3, 0.4) is 0 Å². The van der Waals surface area contributed by atoms with Crippen LogP contribution in [-0.4, -0.2) is 30.9 Å². The highest BCUT2D eigenvalue weighted by molar-refractivity contribution is 7.16. The molecule has 0 atom stereocenters. The third-order valence-electron chi connectivity index (χ3n) is 4.85. The summed E-state index contributed by atoms with van der Waals surface area (Å²) in [7, 11) is 2.20. The van der Waals surface area contributed by atoms with E-state index in [-0.39, 0.29) is 5.91 Å². The lowest BCUT2D eigenvalue weighted by Crippen LogP contribution is -2.29. The number of nitrogens with one attached hydrogen (secondary N) is 1. The van der Waals surface area contributed by atoms with Gasteiger partial charge in [0.2, 0.25) is 0 Å². The lowest BCUT2D eigenvalue weighted by Gasteiger charge is -2.29.